The van der Waals surface area contributed by atoms with Crippen molar-refractivity contribution in [2.75, 3.05) is 39.3 Å². The van der Waals surface area contributed by atoms with Gasteiger partial charge in [0, 0.05) is 51.9 Å². The van der Waals surface area contributed by atoms with E-state index in [9.17, 15) is 0 Å². The molecule has 0 spiro atoms. The highest BCUT2D eigenvalue weighted by Gasteiger charge is 2.28. The van der Waals surface area contributed by atoms with E-state index in [1.54, 1.807) is 0 Å². The van der Waals surface area contributed by atoms with Crippen LogP contribution in [0.25, 0.3) is 0 Å². The molecule has 1 unspecified atom stereocenters. The molecule has 2 aliphatic heterocycles. The second kappa shape index (κ2) is 6.36. The first-order valence-electron chi connectivity index (χ1n) is 7.51. The van der Waals surface area contributed by atoms with E-state index in [4.69, 9.17) is 5.26 Å². The highest BCUT2D eigenvalue weighted by molar-refractivity contribution is 5.31. The van der Waals surface area contributed by atoms with Gasteiger partial charge >= 0.3 is 0 Å². The van der Waals surface area contributed by atoms with Crippen molar-refractivity contribution in [2.45, 2.75) is 19.0 Å². The van der Waals surface area contributed by atoms with Gasteiger partial charge in [-0.15, -0.1) is 0 Å². The van der Waals surface area contributed by atoms with Crippen LogP contribution in [0.15, 0.2) is 24.3 Å². The molecule has 2 fully saturated rings. The Morgan fingerprint density at radius 2 is 1.90 bits per heavy atom. The predicted molar refractivity (Wildman–Crippen MR) is 79.3 cm³/mol. The summed E-state index contributed by atoms with van der Waals surface area (Å²) >= 11 is 0. The van der Waals surface area contributed by atoms with Gasteiger partial charge in [0.2, 0.25) is 0 Å². The van der Waals surface area contributed by atoms with Crippen molar-refractivity contribution >= 4 is 0 Å². The summed E-state index contributed by atoms with van der Waals surface area (Å²) in [7, 11) is 0. The minimum absolute atomic E-state index is 0.732. The van der Waals surface area contributed by atoms with Crippen LogP contribution in [-0.4, -0.2) is 55.1 Å². The van der Waals surface area contributed by atoms with Crippen LogP contribution in [0.2, 0.25) is 0 Å². The third kappa shape index (κ3) is 3.18. The predicted octanol–water partition coefficient (Wildman–Crippen LogP) is 1.04. The van der Waals surface area contributed by atoms with Crippen molar-refractivity contribution in [1.29, 1.82) is 5.26 Å². The van der Waals surface area contributed by atoms with Gasteiger partial charge in [0.05, 0.1) is 11.6 Å². The van der Waals surface area contributed by atoms with E-state index in [0.29, 0.717) is 0 Å². The fraction of sp³-hybridized carbons (Fsp3) is 0.562. The van der Waals surface area contributed by atoms with Gasteiger partial charge in [0.15, 0.2) is 0 Å². The first-order chi connectivity index (χ1) is 9.85. The number of benzene rings is 1. The number of nitrogens with zero attached hydrogens (tertiary/aromatic N) is 3. The van der Waals surface area contributed by atoms with E-state index in [1.165, 1.54) is 38.2 Å². The van der Waals surface area contributed by atoms with Crippen LogP contribution in [0.5, 0.6) is 0 Å². The Kier molecular flexibility index (Phi) is 4.31. The standard InChI is InChI=1S/C16H22N4/c17-11-14-1-3-15(4-2-14)12-19-8-5-16(13-19)20-9-6-18-7-10-20/h1-4,16,18H,5-10,12-13H2. The molecule has 1 aromatic carbocycles. The van der Waals surface area contributed by atoms with Gasteiger partial charge in [0.25, 0.3) is 0 Å². The Balaban J connectivity index is 1.53. The van der Waals surface area contributed by atoms with Crippen molar-refractivity contribution < 1.29 is 0 Å². The number of hydrogen-bond acceptors (Lipinski definition) is 4. The maximum absolute atomic E-state index is 8.82. The summed E-state index contributed by atoms with van der Waals surface area (Å²) < 4.78 is 0. The number of nitriles is 1. The fourth-order valence-corrected chi connectivity index (χ4v) is 3.24. The van der Waals surface area contributed by atoms with Gasteiger partial charge in [-0.2, -0.15) is 5.26 Å². The van der Waals surface area contributed by atoms with Gasteiger partial charge < -0.3 is 5.32 Å². The lowest BCUT2D eigenvalue weighted by molar-refractivity contribution is 0.170. The summed E-state index contributed by atoms with van der Waals surface area (Å²) in [6.45, 7) is 8.02. The van der Waals surface area contributed by atoms with Gasteiger partial charge in [-0.3, -0.25) is 9.80 Å². The summed E-state index contributed by atoms with van der Waals surface area (Å²) in [4.78, 5) is 5.17. The van der Waals surface area contributed by atoms with Crippen LogP contribution in [0.4, 0.5) is 0 Å². The zero-order valence-electron chi connectivity index (χ0n) is 11.9. The largest absolute Gasteiger partial charge is 0.314 e. The molecule has 0 aliphatic carbocycles. The van der Waals surface area contributed by atoms with Gasteiger partial charge in [-0.1, -0.05) is 12.1 Å². The topological polar surface area (TPSA) is 42.3 Å². The molecule has 4 nitrogen and oxygen atoms in total. The van der Waals surface area contributed by atoms with Crippen molar-refractivity contribution in [3.05, 3.63) is 35.4 Å². The van der Waals surface area contributed by atoms with Crippen molar-refractivity contribution in [3.8, 4) is 6.07 Å². The molecule has 0 bridgehead atoms. The Morgan fingerprint density at radius 1 is 1.15 bits per heavy atom. The smallest absolute Gasteiger partial charge is 0.0991 e. The molecule has 1 aromatic rings. The number of rotatable bonds is 3. The van der Waals surface area contributed by atoms with E-state index in [2.05, 4.69) is 33.3 Å². The molecule has 2 saturated heterocycles. The van der Waals surface area contributed by atoms with Gasteiger partial charge in [-0.25, -0.2) is 0 Å². The molecule has 3 rings (SSSR count). The fourth-order valence-electron chi connectivity index (χ4n) is 3.24. The minimum Gasteiger partial charge on any atom is -0.314 e. The highest BCUT2D eigenvalue weighted by atomic mass is 15.3. The molecule has 106 valence electrons. The van der Waals surface area contributed by atoms with Crippen LogP contribution in [0.1, 0.15) is 17.5 Å². The van der Waals surface area contributed by atoms with E-state index < -0.39 is 0 Å². The lowest BCUT2D eigenvalue weighted by atomic mass is 10.1. The molecule has 0 radical (unpaired) electrons. The van der Waals surface area contributed by atoms with E-state index in [0.717, 1.165) is 31.2 Å². The average molecular weight is 270 g/mol. The molecule has 0 aromatic heterocycles. The summed E-state index contributed by atoms with van der Waals surface area (Å²) in [5.74, 6) is 0. The lowest BCUT2D eigenvalue weighted by Crippen LogP contribution is -2.49. The molecular formula is C16H22N4. The molecule has 0 saturated carbocycles. The first-order valence-corrected chi connectivity index (χ1v) is 7.51. The molecule has 1 N–H and O–H groups in total. The SMILES string of the molecule is N#Cc1ccc(CN2CCC(N3CCNCC3)C2)cc1. The van der Waals surface area contributed by atoms with E-state index in [-0.39, 0.29) is 0 Å². The monoisotopic (exact) mass is 270 g/mol. The lowest BCUT2D eigenvalue weighted by Gasteiger charge is -2.32. The van der Waals surface area contributed by atoms with Crippen LogP contribution in [-0.2, 0) is 6.54 Å². The van der Waals surface area contributed by atoms with Crippen LogP contribution >= 0.6 is 0 Å². The Morgan fingerprint density at radius 3 is 2.60 bits per heavy atom. The van der Waals surface area contributed by atoms with E-state index >= 15 is 0 Å². The van der Waals surface area contributed by atoms with Crippen LogP contribution < -0.4 is 5.32 Å². The first kappa shape index (κ1) is 13.6. The molecule has 4 heteroatoms. The highest BCUT2D eigenvalue weighted by Crippen LogP contribution is 2.18. The summed E-state index contributed by atoms with van der Waals surface area (Å²) in [6.07, 6.45) is 1.29. The maximum Gasteiger partial charge on any atom is 0.0991 e. The van der Waals surface area contributed by atoms with Gasteiger partial charge in [-0.05, 0) is 24.1 Å². The third-order valence-electron chi connectivity index (χ3n) is 4.40. The molecule has 20 heavy (non-hydrogen) atoms. The number of hydrogen-bond donors (Lipinski definition) is 1. The van der Waals surface area contributed by atoms with Crippen molar-refractivity contribution in [3.63, 3.8) is 0 Å². The molecular weight excluding hydrogens is 248 g/mol. The number of piperazine rings is 1. The van der Waals surface area contributed by atoms with Crippen molar-refractivity contribution in [1.82, 2.24) is 15.1 Å². The molecule has 2 heterocycles. The Labute approximate surface area is 121 Å². The summed E-state index contributed by atoms with van der Waals surface area (Å²) in [5.41, 5.74) is 2.05. The zero-order valence-corrected chi connectivity index (χ0v) is 11.9. The van der Waals surface area contributed by atoms with Crippen molar-refractivity contribution in [2.24, 2.45) is 0 Å². The third-order valence-corrected chi connectivity index (χ3v) is 4.40. The maximum atomic E-state index is 8.82. The van der Waals surface area contributed by atoms with Gasteiger partial charge in [0.1, 0.15) is 0 Å². The zero-order chi connectivity index (χ0) is 13.8. The number of likely N-dealkylation sites (tertiary alicyclic amines) is 1. The summed E-state index contributed by atoms with van der Waals surface area (Å²) in [5, 5.41) is 12.2. The summed E-state index contributed by atoms with van der Waals surface area (Å²) in [6, 6.07) is 10.9. The second-order valence-corrected chi connectivity index (χ2v) is 5.77. The Bertz CT molecular complexity index is 470. The molecule has 0 amide bonds. The number of nitrogens with one attached hydrogen (secondary N) is 1. The average Bonchev–Trinajstić information content (AvgIpc) is 2.97. The van der Waals surface area contributed by atoms with Crippen LogP contribution in [0, 0.1) is 11.3 Å². The minimum atomic E-state index is 0.732. The Hall–Kier alpha value is -1.41. The normalized spacial score (nSPS) is 24.6. The van der Waals surface area contributed by atoms with Crippen LogP contribution in [0.3, 0.4) is 0 Å². The second-order valence-electron chi connectivity index (χ2n) is 5.77. The molecule has 1 atom stereocenters. The quantitative estimate of drug-likeness (QED) is 0.891. The molecule has 2 aliphatic rings. The van der Waals surface area contributed by atoms with E-state index in [1.807, 2.05) is 12.1 Å².